The molecule has 7 heteroatoms. The monoisotopic (exact) mass is 342 g/mol. The second-order valence-electron chi connectivity index (χ2n) is 5.52. The molecule has 132 valence electrons. The minimum Gasteiger partial charge on any atom is -0.379 e. The Bertz CT molecular complexity index is 567. The molecule has 1 N–H and O–H groups in total. The van der Waals surface area contributed by atoms with Crippen LogP contribution >= 0.6 is 0 Å². The van der Waals surface area contributed by atoms with Crippen LogP contribution in [0.5, 0.6) is 0 Å². The van der Waals surface area contributed by atoms with Crippen molar-refractivity contribution >= 4 is 12.0 Å². The third kappa shape index (κ3) is 5.98. The molecule has 24 heavy (non-hydrogen) atoms. The lowest BCUT2D eigenvalue weighted by Gasteiger charge is -2.26. The summed E-state index contributed by atoms with van der Waals surface area (Å²) in [4.78, 5) is 14.0. The van der Waals surface area contributed by atoms with Crippen LogP contribution in [0.1, 0.15) is 17.5 Å². The van der Waals surface area contributed by atoms with E-state index >= 15 is 0 Å². The molecule has 0 bridgehead atoms. The van der Waals surface area contributed by atoms with Crippen LogP contribution in [0, 0.1) is 0 Å². The summed E-state index contributed by atoms with van der Waals surface area (Å²) in [6.07, 6.45) is -1.31. The van der Waals surface area contributed by atoms with Crippen LogP contribution in [-0.2, 0) is 15.7 Å². The second-order valence-corrected chi connectivity index (χ2v) is 5.52. The molecular weight excluding hydrogens is 321 g/mol. The number of carbonyl (C=O) groups is 1. The number of hydrogen-bond acceptors (Lipinski definition) is 3. The highest BCUT2D eigenvalue weighted by Crippen LogP contribution is 2.32. The van der Waals surface area contributed by atoms with Crippen molar-refractivity contribution in [2.75, 3.05) is 39.4 Å². The first-order valence-electron chi connectivity index (χ1n) is 7.89. The van der Waals surface area contributed by atoms with Gasteiger partial charge in [0.1, 0.15) is 0 Å². The van der Waals surface area contributed by atoms with E-state index in [2.05, 4.69) is 10.2 Å². The number of nitrogens with one attached hydrogen (secondary N) is 1. The molecule has 4 nitrogen and oxygen atoms in total. The van der Waals surface area contributed by atoms with Crippen molar-refractivity contribution < 1.29 is 22.7 Å². The van der Waals surface area contributed by atoms with E-state index in [1.165, 1.54) is 24.3 Å². The van der Waals surface area contributed by atoms with E-state index in [9.17, 15) is 18.0 Å². The minimum atomic E-state index is -4.43. The summed E-state index contributed by atoms with van der Waals surface area (Å²) in [7, 11) is 0. The summed E-state index contributed by atoms with van der Waals surface area (Å²) in [6.45, 7) is 4.59. The minimum absolute atomic E-state index is 0.0199. The topological polar surface area (TPSA) is 41.6 Å². The third-order valence-corrected chi connectivity index (χ3v) is 3.73. The molecule has 1 saturated heterocycles. The van der Waals surface area contributed by atoms with Gasteiger partial charge in [0.05, 0.1) is 18.8 Å². The molecule has 1 aromatic carbocycles. The molecule has 0 aromatic heterocycles. The van der Waals surface area contributed by atoms with Gasteiger partial charge in [0.15, 0.2) is 0 Å². The number of nitrogens with zero attached hydrogens (tertiary/aromatic N) is 1. The van der Waals surface area contributed by atoms with Gasteiger partial charge >= 0.3 is 6.18 Å². The molecule has 0 atom stereocenters. The maximum absolute atomic E-state index is 12.9. The fourth-order valence-corrected chi connectivity index (χ4v) is 2.46. The summed E-state index contributed by atoms with van der Waals surface area (Å²) in [5, 5.41) is 2.69. The van der Waals surface area contributed by atoms with Crippen LogP contribution in [0.4, 0.5) is 13.2 Å². The Labute approximate surface area is 139 Å². The Kier molecular flexibility index (Phi) is 6.81. The number of alkyl halides is 3. The zero-order valence-corrected chi connectivity index (χ0v) is 13.3. The number of rotatable bonds is 6. The molecule has 0 radical (unpaired) electrons. The number of benzene rings is 1. The van der Waals surface area contributed by atoms with Gasteiger partial charge in [-0.15, -0.1) is 0 Å². The number of morpholine rings is 1. The molecule has 0 unspecified atom stereocenters. The number of carbonyl (C=O) groups excluding carboxylic acids is 1. The van der Waals surface area contributed by atoms with Gasteiger partial charge in [-0.3, -0.25) is 9.69 Å². The average molecular weight is 342 g/mol. The zero-order valence-electron chi connectivity index (χ0n) is 13.3. The molecule has 1 aromatic rings. The van der Waals surface area contributed by atoms with E-state index in [1.54, 1.807) is 0 Å². The molecule has 1 amide bonds. The van der Waals surface area contributed by atoms with Crippen molar-refractivity contribution in [1.82, 2.24) is 10.2 Å². The molecule has 0 saturated carbocycles. The highest BCUT2D eigenvalue weighted by molar-refractivity contribution is 5.91. The van der Waals surface area contributed by atoms with Crippen LogP contribution < -0.4 is 5.32 Å². The molecular formula is C17H21F3N2O2. The third-order valence-electron chi connectivity index (χ3n) is 3.73. The first-order valence-corrected chi connectivity index (χ1v) is 7.89. The van der Waals surface area contributed by atoms with E-state index in [4.69, 9.17) is 4.74 Å². The quantitative estimate of drug-likeness (QED) is 0.638. The maximum atomic E-state index is 12.9. The smallest absolute Gasteiger partial charge is 0.379 e. The molecule has 2 rings (SSSR count). The Hall–Kier alpha value is -1.86. The number of amides is 1. The molecule has 0 spiro atoms. The number of halogens is 3. The van der Waals surface area contributed by atoms with Gasteiger partial charge in [0.25, 0.3) is 0 Å². The van der Waals surface area contributed by atoms with Crippen molar-refractivity contribution in [3.8, 4) is 0 Å². The normalized spacial score (nSPS) is 16.5. The van der Waals surface area contributed by atoms with Gasteiger partial charge in [0.2, 0.25) is 5.91 Å². The van der Waals surface area contributed by atoms with Crippen LogP contribution in [0.2, 0.25) is 0 Å². The fourth-order valence-electron chi connectivity index (χ4n) is 2.46. The average Bonchev–Trinajstić information content (AvgIpc) is 2.57. The first kappa shape index (κ1) is 18.5. The van der Waals surface area contributed by atoms with Gasteiger partial charge in [0, 0.05) is 25.7 Å². The van der Waals surface area contributed by atoms with Gasteiger partial charge < -0.3 is 10.1 Å². The summed E-state index contributed by atoms with van der Waals surface area (Å²) in [5.41, 5.74) is -0.769. The largest absolute Gasteiger partial charge is 0.416 e. The summed E-state index contributed by atoms with van der Waals surface area (Å²) in [6, 6.07) is 5.17. The Morgan fingerprint density at radius 2 is 1.96 bits per heavy atom. The lowest BCUT2D eigenvalue weighted by Crippen LogP contribution is -2.38. The van der Waals surface area contributed by atoms with Crippen molar-refractivity contribution in [1.29, 1.82) is 0 Å². The second kappa shape index (κ2) is 8.84. The van der Waals surface area contributed by atoms with Gasteiger partial charge in [-0.2, -0.15) is 13.2 Å². The Morgan fingerprint density at radius 1 is 1.25 bits per heavy atom. The SMILES string of the molecule is O=C(/C=C/c1ccccc1C(F)(F)F)NCCCN1CCOCC1. The summed E-state index contributed by atoms with van der Waals surface area (Å²) < 4.78 is 43.8. The van der Waals surface area contributed by atoms with E-state index in [0.29, 0.717) is 6.54 Å². The highest BCUT2D eigenvalue weighted by atomic mass is 19.4. The van der Waals surface area contributed by atoms with Crippen LogP contribution in [0.25, 0.3) is 6.08 Å². The lowest BCUT2D eigenvalue weighted by atomic mass is 10.1. The van der Waals surface area contributed by atoms with Gasteiger partial charge in [-0.25, -0.2) is 0 Å². The first-order chi connectivity index (χ1) is 11.5. The van der Waals surface area contributed by atoms with E-state index in [-0.39, 0.29) is 5.56 Å². The van der Waals surface area contributed by atoms with E-state index in [0.717, 1.165) is 51.4 Å². The fraction of sp³-hybridized carbons (Fsp3) is 0.471. The van der Waals surface area contributed by atoms with Crippen LogP contribution in [-0.4, -0.2) is 50.2 Å². The highest BCUT2D eigenvalue weighted by Gasteiger charge is 2.32. The van der Waals surface area contributed by atoms with Crippen LogP contribution in [0.15, 0.2) is 30.3 Å². The number of hydrogen-bond donors (Lipinski definition) is 1. The summed E-state index contributed by atoms with van der Waals surface area (Å²) >= 11 is 0. The lowest BCUT2D eigenvalue weighted by molar-refractivity contribution is -0.137. The Balaban J connectivity index is 1.77. The van der Waals surface area contributed by atoms with Crippen molar-refractivity contribution in [2.24, 2.45) is 0 Å². The zero-order chi connectivity index (χ0) is 17.4. The number of ether oxygens (including phenoxy) is 1. The van der Waals surface area contributed by atoms with Crippen molar-refractivity contribution in [2.45, 2.75) is 12.6 Å². The van der Waals surface area contributed by atoms with E-state index < -0.39 is 17.6 Å². The molecule has 1 fully saturated rings. The summed E-state index contributed by atoms with van der Waals surface area (Å²) in [5.74, 6) is -0.394. The molecule has 1 aliphatic rings. The van der Waals surface area contributed by atoms with E-state index in [1.807, 2.05) is 0 Å². The van der Waals surface area contributed by atoms with Crippen LogP contribution in [0.3, 0.4) is 0 Å². The predicted octanol–water partition coefficient (Wildman–Crippen LogP) is 2.56. The Morgan fingerprint density at radius 3 is 2.67 bits per heavy atom. The van der Waals surface area contributed by atoms with Gasteiger partial charge in [-0.05, 0) is 30.7 Å². The molecule has 1 aliphatic heterocycles. The molecule has 0 aliphatic carbocycles. The predicted molar refractivity (Wildman–Crippen MR) is 85.4 cm³/mol. The van der Waals surface area contributed by atoms with Gasteiger partial charge in [-0.1, -0.05) is 18.2 Å². The maximum Gasteiger partial charge on any atom is 0.416 e. The van der Waals surface area contributed by atoms with Crippen molar-refractivity contribution in [3.63, 3.8) is 0 Å². The standard InChI is InChI=1S/C17H21F3N2O2/c18-17(19,20)15-5-2-1-4-14(15)6-7-16(23)21-8-3-9-22-10-12-24-13-11-22/h1-2,4-7H,3,8-13H2,(H,21,23)/b7-6+. The van der Waals surface area contributed by atoms with Crippen molar-refractivity contribution in [3.05, 3.63) is 41.5 Å². The molecule has 1 heterocycles.